The van der Waals surface area contributed by atoms with Crippen LogP contribution in [0.4, 0.5) is 10.8 Å². The number of fused-ring (bicyclic) bond motifs is 1. The number of benzene rings is 1. The summed E-state index contributed by atoms with van der Waals surface area (Å²) in [6.45, 7) is 5.08. The standard InChI is InChI=1S/C11H13N3O2S/c1-7(2)6-12-11-13-9-4-3-8(14(15)16)5-10(9)17-11/h3-5,7H,6H2,1-2H3,(H,12,13). The first kappa shape index (κ1) is 11.8. The molecular weight excluding hydrogens is 238 g/mol. The number of aromatic nitrogens is 1. The fourth-order valence-corrected chi connectivity index (χ4v) is 2.30. The van der Waals surface area contributed by atoms with Gasteiger partial charge in [0.15, 0.2) is 5.13 Å². The van der Waals surface area contributed by atoms with Crippen molar-refractivity contribution >= 4 is 32.4 Å². The van der Waals surface area contributed by atoms with Crippen molar-refractivity contribution in [3.05, 3.63) is 28.3 Å². The molecule has 0 bridgehead atoms. The molecule has 17 heavy (non-hydrogen) atoms. The Kier molecular flexibility index (Phi) is 3.23. The minimum Gasteiger partial charge on any atom is -0.361 e. The smallest absolute Gasteiger partial charge is 0.270 e. The molecule has 0 saturated heterocycles. The van der Waals surface area contributed by atoms with Crippen LogP contribution in [0.5, 0.6) is 0 Å². The summed E-state index contributed by atoms with van der Waals surface area (Å²) in [6.07, 6.45) is 0. The highest BCUT2D eigenvalue weighted by atomic mass is 32.1. The Morgan fingerprint density at radius 2 is 2.29 bits per heavy atom. The number of anilines is 1. The van der Waals surface area contributed by atoms with E-state index in [2.05, 4.69) is 24.1 Å². The zero-order chi connectivity index (χ0) is 12.4. The maximum atomic E-state index is 10.6. The monoisotopic (exact) mass is 251 g/mol. The molecule has 0 atom stereocenters. The summed E-state index contributed by atoms with van der Waals surface area (Å²) < 4.78 is 0.838. The number of thiazole rings is 1. The van der Waals surface area contributed by atoms with Crippen molar-refractivity contribution in [3.63, 3.8) is 0 Å². The van der Waals surface area contributed by atoms with Gasteiger partial charge in [-0.3, -0.25) is 10.1 Å². The molecule has 1 aromatic carbocycles. The van der Waals surface area contributed by atoms with Gasteiger partial charge in [-0.25, -0.2) is 4.98 Å². The summed E-state index contributed by atoms with van der Waals surface area (Å²) in [4.78, 5) is 14.6. The number of hydrogen-bond acceptors (Lipinski definition) is 5. The van der Waals surface area contributed by atoms with Gasteiger partial charge in [0.25, 0.3) is 5.69 Å². The zero-order valence-electron chi connectivity index (χ0n) is 9.64. The Hall–Kier alpha value is -1.69. The van der Waals surface area contributed by atoms with Gasteiger partial charge in [0.2, 0.25) is 0 Å². The van der Waals surface area contributed by atoms with Crippen LogP contribution >= 0.6 is 11.3 Å². The summed E-state index contributed by atoms with van der Waals surface area (Å²) in [7, 11) is 0. The summed E-state index contributed by atoms with van der Waals surface area (Å²) in [5, 5.41) is 14.7. The second-order valence-electron chi connectivity index (χ2n) is 4.20. The van der Waals surface area contributed by atoms with Crippen molar-refractivity contribution in [1.29, 1.82) is 0 Å². The van der Waals surface area contributed by atoms with Crippen molar-refractivity contribution in [3.8, 4) is 0 Å². The van der Waals surface area contributed by atoms with E-state index in [0.29, 0.717) is 5.92 Å². The molecule has 1 N–H and O–H groups in total. The van der Waals surface area contributed by atoms with Crippen molar-refractivity contribution in [2.45, 2.75) is 13.8 Å². The molecule has 0 fully saturated rings. The molecule has 1 aromatic heterocycles. The molecule has 0 unspecified atom stereocenters. The second-order valence-corrected chi connectivity index (χ2v) is 5.23. The number of nitro benzene ring substituents is 1. The lowest BCUT2D eigenvalue weighted by molar-refractivity contribution is -0.384. The van der Waals surface area contributed by atoms with Crippen molar-refractivity contribution in [1.82, 2.24) is 4.98 Å². The first-order chi connectivity index (χ1) is 8.06. The van der Waals surface area contributed by atoms with Gasteiger partial charge >= 0.3 is 0 Å². The average molecular weight is 251 g/mol. The Balaban J connectivity index is 2.27. The summed E-state index contributed by atoms with van der Waals surface area (Å²) in [5.41, 5.74) is 0.906. The molecule has 6 heteroatoms. The Bertz CT molecular complexity index is 551. The van der Waals surface area contributed by atoms with Gasteiger partial charge in [-0.1, -0.05) is 25.2 Å². The minimum atomic E-state index is -0.389. The Morgan fingerprint density at radius 1 is 1.53 bits per heavy atom. The third-order valence-electron chi connectivity index (χ3n) is 2.24. The third-order valence-corrected chi connectivity index (χ3v) is 3.22. The Labute approximate surface area is 103 Å². The van der Waals surface area contributed by atoms with E-state index in [-0.39, 0.29) is 10.6 Å². The highest BCUT2D eigenvalue weighted by Gasteiger charge is 2.10. The largest absolute Gasteiger partial charge is 0.361 e. The lowest BCUT2D eigenvalue weighted by Gasteiger charge is -2.03. The predicted molar refractivity (Wildman–Crippen MR) is 69.6 cm³/mol. The van der Waals surface area contributed by atoms with E-state index in [1.807, 2.05) is 0 Å². The van der Waals surface area contributed by atoms with Crippen LogP contribution in [0.25, 0.3) is 10.2 Å². The van der Waals surface area contributed by atoms with Crippen molar-refractivity contribution < 1.29 is 4.92 Å². The van der Waals surface area contributed by atoms with Crippen LogP contribution in [0.1, 0.15) is 13.8 Å². The van der Waals surface area contributed by atoms with E-state index in [9.17, 15) is 10.1 Å². The number of rotatable bonds is 4. The lowest BCUT2D eigenvalue weighted by Crippen LogP contribution is -2.07. The van der Waals surface area contributed by atoms with E-state index in [1.54, 1.807) is 12.1 Å². The highest BCUT2D eigenvalue weighted by Crippen LogP contribution is 2.29. The summed E-state index contributed by atoms with van der Waals surface area (Å²) >= 11 is 1.44. The number of non-ortho nitro benzene ring substituents is 1. The fraction of sp³-hybridized carbons (Fsp3) is 0.364. The van der Waals surface area contributed by atoms with Crippen molar-refractivity contribution in [2.24, 2.45) is 5.92 Å². The minimum absolute atomic E-state index is 0.108. The normalized spacial score (nSPS) is 11.0. The first-order valence-corrected chi connectivity index (χ1v) is 6.17. The van der Waals surface area contributed by atoms with Crippen LogP contribution in [0, 0.1) is 16.0 Å². The van der Waals surface area contributed by atoms with Gasteiger partial charge < -0.3 is 5.32 Å². The molecule has 5 nitrogen and oxygen atoms in total. The average Bonchev–Trinajstić information content (AvgIpc) is 2.67. The molecule has 2 aromatic rings. The van der Waals surface area contributed by atoms with Gasteiger partial charge in [0.1, 0.15) is 0 Å². The van der Waals surface area contributed by atoms with E-state index < -0.39 is 0 Å². The SMILES string of the molecule is CC(C)CNc1nc2ccc([N+](=O)[O-])cc2s1. The first-order valence-electron chi connectivity index (χ1n) is 5.35. The maximum absolute atomic E-state index is 10.6. The number of nitro groups is 1. The number of hydrogen-bond donors (Lipinski definition) is 1. The molecule has 0 aliphatic rings. The molecule has 0 amide bonds. The molecule has 0 radical (unpaired) electrons. The quantitative estimate of drug-likeness (QED) is 0.669. The summed E-state index contributed by atoms with van der Waals surface area (Å²) in [5.74, 6) is 0.538. The molecule has 1 heterocycles. The van der Waals surface area contributed by atoms with Crippen LogP contribution in [0.2, 0.25) is 0 Å². The third kappa shape index (κ3) is 2.71. The Morgan fingerprint density at radius 3 is 2.94 bits per heavy atom. The topological polar surface area (TPSA) is 68.1 Å². The van der Waals surface area contributed by atoms with Crippen LogP contribution in [-0.4, -0.2) is 16.5 Å². The van der Waals surface area contributed by atoms with Crippen LogP contribution < -0.4 is 5.32 Å². The van der Waals surface area contributed by atoms with E-state index in [1.165, 1.54) is 17.4 Å². The predicted octanol–water partition coefficient (Wildman–Crippen LogP) is 3.27. The van der Waals surface area contributed by atoms with Crippen LogP contribution in [-0.2, 0) is 0 Å². The van der Waals surface area contributed by atoms with Crippen LogP contribution in [0.3, 0.4) is 0 Å². The van der Waals surface area contributed by atoms with E-state index in [4.69, 9.17) is 0 Å². The van der Waals surface area contributed by atoms with Gasteiger partial charge in [-0.05, 0) is 12.0 Å². The molecular formula is C11H13N3O2S. The molecule has 0 spiro atoms. The van der Waals surface area contributed by atoms with Gasteiger partial charge in [0, 0.05) is 18.7 Å². The molecule has 90 valence electrons. The maximum Gasteiger partial charge on any atom is 0.270 e. The number of nitrogens with one attached hydrogen (secondary N) is 1. The fourth-order valence-electron chi connectivity index (χ4n) is 1.39. The lowest BCUT2D eigenvalue weighted by atomic mass is 10.2. The number of nitrogens with zero attached hydrogens (tertiary/aromatic N) is 2. The molecule has 0 aliphatic heterocycles. The van der Waals surface area contributed by atoms with Crippen molar-refractivity contribution in [2.75, 3.05) is 11.9 Å². The van der Waals surface area contributed by atoms with Gasteiger partial charge in [-0.15, -0.1) is 0 Å². The van der Waals surface area contributed by atoms with Crippen LogP contribution in [0.15, 0.2) is 18.2 Å². The summed E-state index contributed by atoms with van der Waals surface area (Å²) in [6, 6.07) is 4.73. The zero-order valence-corrected chi connectivity index (χ0v) is 10.5. The molecule has 2 rings (SSSR count). The van der Waals surface area contributed by atoms with Gasteiger partial charge in [0.05, 0.1) is 15.1 Å². The molecule has 0 saturated carbocycles. The van der Waals surface area contributed by atoms with E-state index >= 15 is 0 Å². The second kappa shape index (κ2) is 4.67. The highest BCUT2D eigenvalue weighted by molar-refractivity contribution is 7.22. The van der Waals surface area contributed by atoms with Gasteiger partial charge in [-0.2, -0.15) is 0 Å². The molecule has 0 aliphatic carbocycles. The van der Waals surface area contributed by atoms with E-state index in [0.717, 1.165) is 21.9 Å².